The molecule has 2 N–H and O–H groups in total. The fourth-order valence-corrected chi connectivity index (χ4v) is 4.36. The lowest BCUT2D eigenvalue weighted by atomic mass is 10.2. The minimum Gasteiger partial charge on any atom is -0.485 e. The van der Waals surface area contributed by atoms with Crippen molar-refractivity contribution >= 4 is 29.3 Å². The van der Waals surface area contributed by atoms with Crippen molar-refractivity contribution in [3.63, 3.8) is 0 Å². The third-order valence-corrected chi connectivity index (χ3v) is 6.65. The fourth-order valence-electron chi connectivity index (χ4n) is 3.61. The summed E-state index contributed by atoms with van der Waals surface area (Å²) >= 11 is 1.31. The van der Waals surface area contributed by atoms with Crippen LogP contribution in [-0.2, 0) is 23.2 Å². The number of fused-ring (bicyclic) bond motifs is 1. The van der Waals surface area contributed by atoms with Gasteiger partial charge in [-0.3, -0.25) is 9.59 Å². The SMILES string of the molecule is Cn1c(SCC(=O)NCc2cccc(NC(=O)C3CC3)c2)nnc1[C@H]1COc2ccccc2O1. The Morgan fingerprint density at radius 2 is 1.94 bits per heavy atom. The van der Waals surface area contributed by atoms with Crippen LogP contribution in [0.1, 0.15) is 30.3 Å². The monoisotopic (exact) mass is 479 g/mol. The molecule has 0 radical (unpaired) electrons. The van der Waals surface area contributed by atoms with Crippen LogP contribution >= 0.6 is 11.8 Å². The van der Waals surface area contributed by atoms with Gasteiger partial charge < -0.3 is 24.7 Å². The number of rotatable bonds is 8. The van der Waals surface area contributed by atoms with Gasteiger partial charge in [0.15, 0.2) is 28.6 Å². The van der Waals surface area contributed by atoms with Crippen LogP contribution in [0.4, 0.5) is 5.69 Å². The van der Waals surface area contributed by atoms with E-state index < -0.39 is 0 Å². The lowest BCUT2D eigenvalue weighted by Gasteiger charge is -2.25. The van der Waals surface area contributed by atoms with Gasteiger partial charge >= 0.3 is 0 Å². The molecular formula is C24H25N5O4S. The summed E-state index contributed by atoms with van der Waals surface area (Å²) in [7, 11) is 1.85. The first-order chi connectivity index (χ1) is 16.6. The number of benzene rings is 2. The largest absolute Gasteiger partial charge is 0.485 e. The van der Waals surface area contributed by atoms with E-state index in [1.165, 1.54) is 11.8 Å². The van der Waals surface area contributed by atoms with Crippen LogP contribution in [0.5, 0.6) is 11.5 Å². The van der Waals surface area contributed by atoms with Crippen LogP contribution in [0.2, 0.25) is 0 Å². The summed E-state index contributed by atoms with van der Waals surface area (Å²) in [4.78, 5) is 24.3. The van der Waals surface area contributed by atoms with Crippen molar-refractivity contribution in [2.24, 2.45) is 13.0 Å². The number of carbonyl (C=O) groups is 2. The van der Waals surface area contributed by atoms with Crippen LogP contribution in [0.25, 0.3) is 0 Å². The van der Waals surface area contributed by atoms with Crippen LogP contribution in [0.3, 0.4) is 0 Å². The summed E-state index contributed by atoms with van der Waals surface area (Å²) in [5.41, 5.74) is 1.67. The molecule has 2 aliphatic rings. The molecule has 9 nitrogen and oxygen atoms in total. The van der Waals surface area contributed by atoms with Gasteiger partial charge in [0.2, 0.25) is 11.8 Å². The minimum atomic E-state index is -0.372. The quantitative estimate of drug-likeness (QED) is 0.478. The Morgan fingerprint density at radius 1 is 1.12 bits per heavy atom. The van der Waals surface area contributed by atoms with Gasteiger partial charge in [-0.1, -0.05) is 36.0 Å². The number of nitrogens with one attached hydrogen (secondary N) is 2. The van der Waals surface area contributed by atoms with Gasteiger partial charge in [-0.25, -0.2) is 0 Å². The van der Waals surface area contributed by atoms with Crippen molar-refractivity contribution in [2.45, 2.75) is 30.6 Å². The lowest BCUT2D eigenvalue weighted by molar-refractivity contribution is -0.119. The highest BCUT2D eigenvalue weighted by molar-refractivity contribution is 7.99. The molecule has 2 amide bonds. The van der Waals surface area contributed by atoms with Gasteiger partial charge in [-0.2, -0.15) is 0 Å². The van der Waals surface area contributed by atoms with E-state index in [2.05, 4.69) is 20.8 Å². The van der Waals surface area contributed by atoms with E-state index >= 15 is 0 Å². The summed E-state index contributed by atoms with van der Waals surface area (Å²) in [5.74, 6) is 2.32. The maximum Gasteiger partial charge on any atom is 0.230 e. The zero-order chi connectivity index (χ0) is 23.5. The third-order valence-electron chi connectivity index (χ3n) is 5.63. The molecule has 5 rings (SSSR count). The Labute approximate surface area is 201 Å². The Hall–Kier alpha value is -3.53. The van der Waals surface area contributed by atoms with Crippen LogP contribution in [0.15, 0.2) is 53.7 Å². The molecule has 3 aromatic rings. The van der Waals surface area contributed by atoms with E-state index in [4.69, 9.17) is 9.47 Å². The predicted octanol–water partition coefficient (Wildman–Crippen LogP) is 3.08. The lowest BCUT2D eigenvalue weighted by Crippen LogP contribution is -2.25. The van der Waals surface area contributed by atoms with Gasteiger partial charge in [-0.05, 0) is 42.7 Å². The average molecular weight is 480 g/mol. The second-order valence-electron chi connectivity index (χ2n) is 8.29. The molecule has 2 heterocycles. The van der Waals surface area contributed by atoms with Crippen molar-refractivity contribution < 1.29 is 19.1 Å². The normalized spacial score (nSPS) is 16.7. The zero-order valence-corrected chi connectivity index (χ0v) is 19.5. The number of amides is 2. The predicted molar refractivity (Wildman–Crippen MR) is 127 cm³/mol. The van der Waals surface area contributed by atoms with Crippen molar-refractivity contribution in [3.05, 3.63) is 59.9 Å². The Kier molecular flexibility index (Phi) is 6.39. The molecule has 1 aliphatic carbocycles. The number of ether oxygens (including phenoxy) is 2. The van der Waals surface area contributed by atoms with Gasteiger partial charge in [0, 0.05) is 25.2 Å². The number of hydrogen-bond donors (Lipinski definition) is 2. The summed E-state index contributed by atoms with van der Waals surface area (Å²) in [6, 6.07) is 15.0. The van der Waals surface area contributed by atoms with Crippen LogP contribution < -0.4 is 20.1 Å². The molecule has 1 fully saturated rings. The molecule has 1 saturated carbocycles. The van der Waals surface area contributed by atoms with Gasteiger partial charge in [0.1, 0.15) is 6.61 Å². The van der Waals surface area contributed by atoms with E-state index in [0.29, 0.717) is 35.6 Å². The zero-order valence-electron chi connectivity index (χ0n) is 18.7. The molecule has 176 valence electrons. The number of para-hydroxylation sites is 2. The van der Waals surface area contributed by atoms with Crippen molar-refractivity contribution in [2.75, 3.05) is 17.7 Å². The summed E-state index contributed by atoms with van der Waals surface area (Å²) < 4.78 is 13.6. The maximum atomic E-state index is 12.4. The topological polar surface area (TPSA) is 107 Å². The number of carbonyl (C=O) groups excluding carboxylic acids is 2. The van der Waals surface area contributed by atoms with Crippen molar-refractivity contribution in [1.29, 1.82) is 0 Å². The van der Waals surface area contributed by atoms with E-state index in [-0.39, 0.29) is 29.6 Å². The number of aromatic nitrogens is 3. The second-order valence-corrected chi connectivity index (χ2v) is 9.24. The third kappa shape index (κ3) is 5.17. The first kappa shape index (κ1) is 22.3. The number of thioether (sulfide) groups is 1. The highest BCUT2D eigenvalue weighted by Crippen LogP contribution is 2.35. The van der Waals surface area contributed by atoms with Crippen molar-refractivity contribution in [1.82, 2.24) is 20.1 Å². The maximum absolute atomic E-state index is 12.4. The summed E-state index contributed by atoms with van der Waals surface area (Å²) in [6.45, 7) is 0.720. The Balaban J connectivity index is 1.12. The first-order valence-electron chi connectivity index (χ1n) is 11.1. The molecule has 0 bridgehead atoms. The summed E-state index contributed by atoms with van der Waals surface area (Å²) in [6.07, 6.45) is 1.55. The number of nitrogens with zero attached hydrogens (tertiary/aromatic N) is 3. The van der Waals surface area contributed by atoms with Gasteiger partial charge in [0.25, 0.3) is 0 Å². The molecule has 2 aromatic carbocycles. The number of anilines is 1. The fraction of sp³-hybridized carbons (Fsp3) is 0.333. The Bertz CT molecular complexity index is 1210. The van der Waals surface area contributed by atoms with Crippen LogP contribution in [0, 0.1) is 5.92 Å². The smallest absolute Gasteiger partial charge is 0.230 e. The molecule has 1 aliphatic heterocycles. The molecule has 34 heavy (non-hydrogen) atoms. The van der Waals surface area contributed by atoms with Gasteiger partial charge in [-0.15, -0.1) is 10.2 Å². The molecule has 10 heteroatoms. The molecule has 1 atom stereocenters. The molecule has 0 unspecified atom stereocenters. The molecule has 0 saturated heterocycles. The van der Waals surface area contributed by atoms with E-state index in [9.17, 15) is 9.59 Å². The van der Waals surface area contributed by atoms with E-state index in [1.807, 2.05) is 60.1 Å². The van der Waals surface area contributed by atoms with E-state index in [0.717, 1.165) is 24.1 Å². The standard InChI is InChI=1S/C24H25N5O4S/c1-29-22(20-13-32-18-7-2-3-8-19(18)33-20)27-28-24(29)34-14-21(30)25-12-15-5-4-6-17(11-15)26-23(31)16-9-10-16/h2-8,11,16,20H,9-10,12-14H2,1H3,(H,25,30)(H,26,31)/t20-/m1/s1. The van der Waals surface area contributed by atoms with Crippen molar-refractivity contribution in [3.8, 4) is 11.5 Å². The molecular weight excluding hydrogens is 454 g/mol. The molecule has 1 aromatic heterocycles. The van der Waals surface area contributed by atoms with E-state index in [1.54, 1.807) is 0 Å². The Morgan fingerprint density at radius 3 is 2.76 bits per heavy atom. The average Bonchev–Trinajstić information content (AvgIpc) is 3.64. The highest BCUT2D eigenvalue weighted by Gasteiger charge is 2.29. The summed E-state index contributed by atoms with van der Waals surface area (Å²) in [5, 5.41) is 14.9. The minimum absolute atomic E-state index is 0.0648. The highest BCUT2D eigenvalue weighted by atomic mass is 32.2. The first-order valence-corrected chi connectivity index (χ1v) is 12.1. The number of hydrogen-bond acceptors (Lipinski definition) is 7. The van der Waals surface area contributed by atoms with Gasteiger partial charge in [0.05, 0.1) is 5.75 Å². The molecule has 0 spiro atoms. The second kappa shape index (κ2) is 9.76. The van der Waals surface area contributed by atoms with Crippen LogP contribution in [-0.4, -0.2) is 38.9 Å².